The summed E-state index contributed by atoms with van der Waals surface area (Å²) in [6, 6.07) is 10.6. The Bertz CT molecular complexity index is 544. The van der Waals surface area contributed by atoms with Crippen LogP contribution >= 0.6 is 11.6 Å². The Hall–Kier alpha value is -1.25. The first-order chi connectivity index (χ1) is 8.97. The van der Waals surface area contributed by atoms with E-state index < -0.39 is 0 Å². The van der Waals surface area contributed by atoms with E-state index in [4.69, 9.17) is 16.0 Å². The summed E-state index contributed by atoms with van der Waals surface area (Å²) in [4.78, 5) is 0. The highest BCUT2D eigenvalue weighted by Gasteiger charge is 2.15. The van der Waals surface area contributed by atoms with Crippen molar-refractivity contribution in [3.63, 3.8) is 0 Å². The molecule has 0 saturated carbocycles. The first-order valence-corrected chi connectivity index (χ1v) is 6.93. The fourth-order valence-electron chi connectivity index (χ4n) is 2.39. The van der Waals surface area contributed by atoms with Crippen LogP contribution in [0.2, 0.25) is 5.02 Å². The number of rotatable bonds is 4. The summed E-state index contributed by atoms with van der Waals surface area (Å²) in [5, 5.41) is 4.35. The maximum Gasteiger partial charge on any atom is 0.105 e. The van der Waals surface area contributed by atoms with Gasteiger partial charge in [-0.15, -0.1) is 0 Å². The predicted octanol–water partition coefficient (Wildman–Crippen LogP) is 4.96. The summed E-state index contributed by atoms with van der Waals surface area (Å²) in [6.07, 6.45) is 0. The van der Waals surface area contributed by atoms with Crippen LogP contribution in [0.1, 0.15) is 48.6 Å². The zero-order chi connectivity index (χ0) is 14.0. The van der Waals surface area contributed by atoms with Crippen molar-refractivity contribution in [1.29, 1.82) is 0 Å². The Balaban J connectivity index is 2.08. The average Bonchev–Trinajstić information content (AvgIpc) is 2.69. The molecule has 0 saturated heterocycles. The van der Waals surface area contributed by atoms with Gasteiger partial charge in [-0.1, -0.05) is 23.7 Å². The van der Waals surface area contributed by atoms with Gasteiger partial charge in [-0.3, -0.25) is 0 Å². The van der Waals surface area contributed by atoms with Crippen LogP contribution in [0.5, 0.6) is 0 Å². The molecule has 2 aromatic rings. The zero-order valence-electron chi connectivity index (χ0n) is 11.8. The molecule has 1 heterocycles. The molecule has 1 aromatic heterocycles. The van der Waals surface area contributed by atoms with Crippen molar-refractivity contribution in [3.8, 4) is 0 Å². The number of nitrogens with one attached hydrogen (secondary N) is 1. The summed E-state index contributed by atoms with van der Waals surface area (Å²) >= 11 is 5.91. The van der Waals surface area contributed by atoms with E-state index in [0.29, 0.717) is 0 Å². The van der Waals surface area contributed by atoms with E-state index in [-0.39, 0.29) is 12.1 Å². The van der Waals surface area contributed by atoms with Crippen LogP contribution in [0.15, 0.2) is 34.7 Å². The second-order valence-electron chi connectivity index (χ2n) is 5.03. The van der Waals surface area contributed by atoms with Gasteiger partial charge in [0.25, 0.3) is 0 Å². The van der Waals surface area contributed by atoms with Gasteiger partial charge >= 0.3 is 0 Å². The third-order valence-corrected chi connectivity index (χ3v) is 3.67. The molecule has 2 unspecified atom stereocenters. The summed E-state index contributed by atoms with van der Waals surface area (Å²) in [6.45, 7) is 8.30. The lowest BCUT2D eigenvalue weighted by atomic mass is 10.0. The first kappa shape index (κ1) is 14.2. The van der Waals surface area contributed by atoms with Gasteiger partial charge in [-0.25, -0.2) is 0 Å². The van der Waals surface area contributed by atoms with Crippen LogP contribution < -0.4 is 5.32 Å². The van der Waals surface area contributed by atoms with Crippen LogP contribution in [-0.4, -0.2) is 0 Å². The third kappa shape index (κ3) is 3.40. The van der Waals surface area contributed by atoms with Crippen molar-refractivity contribution in [3.05, 3.63) is 58.0 Å². The SMILES string of the molecule is Cc1cc(C(C)NC(C)c2ccc(Cl)cc2)c(C)o1. The van der Waals surface area contributed by atoms with E-state index in [9.17, 15) is 0 Å². The van der Waals surface area contributed by atoms with Crippen molar-refractivity contribution in [2.24, 2.45) is 0 Å². The molecule has 0 aliphatic rings. The number of hydrogen-bond donors (Lipinski definition) is 1. The van der Waals surface area contributed by atoms with Crippen molar-refractivity contribution < 1.29 is 4.42 Å². The molecule has 19 heavy (non-hydrogen) atoms. The molecule has 0 amide bonds. The highest BCUT2D eigenvalue weighted by Crippen LogP contribution is 2.24. The standard InChI is InChI=1S/C16H20ClNO/c1-10-9-16(13(4)19-10)12(3)18-11(2)14-5-7-15(17)8-6-14/h5-9,11-12,18H,1-4H3. The van der Waals surface area contributed by atoms with E-state index in [2.05, 4.69) is 37.4 Å². The van der Waals surface area contributed by atoms with Crippen LogP contribution in [0.3, 0.4) is 0 Å². The maximum absolute atomic E-state index is 5.91. The highest BCUT2D eigenvalue weighted by atomic mass is 35.5. The van der Waals surface area contributed by atoms with Gasteiger partial charge in [0.1, 0.15) is 11.5 Å². The van der Waals surface area contributed by atoms with E-state index in [1.807, 2.05) is 26.0 Å². The third-order valence-electron chi connectivity index (χ3n) is 3.42. The minimum atomic E-state index is 0.253. The number of aryl methyl sites for hydroxylation is 2. The molecule has 2 atom stereocenters. The predicted molar refractivity (Wildman–Crippen MR) is 79.6 cm³/mol. The zero-order valence-corrected chi connectivity index (χ0v) is 12.6. The molecule has 3 heteroatoms. The van der Waals surface area contributed by atoms with Gasteiger partial charge < -0.3 is 9.73 Å². The maximum atomic E-state index is 5.91. The lowest BCUT2D eigenvalue weighted by molar-refractivity contribution is 0.469. The van der Waals surface area contributed by atoms with Crippen LogP contribution in [0.4, 0.5) is 0 Å². The molecule has 2 nitrogen and oxygen atoms in total. The smallest absolute Gasteiger partial charge is 0.105 e. The van der Waals surface area contributed by atoms with Gasteiger partial charge in [0, 0.05) is 22.7 Å². The van der Waals surface area contributed by atoms with Crippen molar-refractivity contribution in [2.45, 2.75) is 39.8 Å². The lowest BCUT2D eigenvalue weighted by Crippen LogP contribution is -2.22. The summed E-state index contributed by atoms with van der Waals surface area (Å²) in [5.41, 5.74) is 2.45. The van der Waals surface area contributed by atoms with Gasteiger partial charge in [0.15, 0.2) is 0 Å². The first-order valence-electron chi connectivity index (χ1n) is 6.56. The van der Waals surface area contributed by atoms with E-state index in [1.165, 1.54) is 11.1 Å². The molecule has 0 bridgehead atoms. The Morgan fingerprint density at radius 2 is 1.68 bits per heavy atom. The molecule has 0 radical (unpaired) electrons. The van der Waals surface area contributed by atoms with Crippen molar-refractivity contribution in [2.75, 3.05) is 0 Å². The Labute approximate surface area is 119 Å². The topological polar surface area (TPSA) is 25.2 Å². The molecule has 2 rings (SSSR count). The lowest BCUT2D eigenvalue weighted by Gasteiger charge is -2.20. The van der Waals surface area contributed by atoms with Gasteiger partial charge in [-0.05, 0) is 51.5 Å². The number of furan rings is 1. The fraction of sp³-hybridized carbons (Fsp3) is 0.375. The normalized spacial score (nSPS) is 14.4. The Morgan fingerprint density at radius 3 is 2.21 bits per heavy atom. The molecular weight excluding hydrogens is 258 g/mol. The summed E-state index contributed by atoms with van der Waals surface area (Å²) in [5.74, 6) is 1.95. The monoisotopic (exact) mass is 277 g/mol. The second-order valence-corrected chi connectivity index (χ2v) is 5.47. The second kappa shape index (κ2) is 5.81. The molecule has 0 spiro atoms. The van der Waals surface area contributed by atoms with Crippen LogP contribution in [0, 0.1) is 13.8 Å². The largest absolute Gasteiger partial charge is 0.466 e. The minimum Gasteiger partial charge on any atom is -0.466 e. The van der Waals surface area contributed by atoms with Crippen molar-refractivity contribution >= 4 is 11.6 Å². The molecule has 1 aromatic carbocycles. The molecule has 102 valence electrons. The molecular formula is C16H20ClNO. The summed E-state index contributed by atoms with van der Waals surface area (Å²) in [7, 11) is 0. The van der Waals surface area contributed by atoms with Gasteiger partial charge in [0.2, 0.25) is 0 Å². The summed E-state index contributed by atoms with van der Waals surface area (Å²) < 4.78 is 5.58. The van der Waals surface area contributed by atoms with E-state index in [0.717, 1.165) is 16.5 Å². The Kier molecular flexibility index (Phi) is 4.33. The Morgan fingerprint density at radius 1 is 1.05 bits per heavy atom. The quantitative estimate of drug-likeness (QED) is 0.854. The molecule has 0 fully saturated rings. The van der Waals surface area contributed by atoms with Crippen LogP contribution in [-0.2, 0) is 0 Å². The molecule has 0 aliphatic heterocycles. The fourth-order valence-corrected chi connectivity index (χ4v) is 2.52. The number of hydrogen-bond acceptors (Lipinski definition) is 2. The van der Waals surface area contributed by atoms with Crippen LogP contribution in [0.25, 0.3) is 0 Å². The average molecular weight is 278 g/mol. The van der Waals surface area contributed by atoms with E-state index in [1.54, 1.807) is 0 Å². The molecule has 1 N–H and O–H groups in total. The number of benzene rings is 1. The highest BCUT2D eigenvalue weighted by molar-refractivity contribution is 6.30. The van der Waals surface area contributed by atoms with Gasteiger partial charge in [-0.2, -0.15) is 0 Å². The minimum absolute atomic E-state index is 0.253. The van der Waals surface area contributed by atoms with Crippen molar-refractivity contribution in [1.82, 2.24) is 5.32 Å². The van der Waals surface area contributed by atoms with Gasteiger partial charge in [0.05, 0.1) is 0 Å². The van der Waals surface area contributed by atoms with E-state index >= 15 is 0 Å². The molecule has 0 aliphatic carbocycles. The number of halogens is 1.